The van der Waals surface area contributed by atoms with E-state index in [2.05, 4.69) is 36.0 Å². The molecule has 4 rings (SSSR count). The number of hydrogen-bond donors (Lipinski definition) is 0. The van der Waals surface area contributed by atoms with Gasteiger partial charge in [-0.1, -0.05) is 56.6 Å². The van der Waals surface area contributed by atoms with Crippen LogP contribution in [0, 0.1) is 5.92 Å². The summed E-state index contributed by atoms with van der Waals surface area (Å²) in [6.07, 6.45) is 6.16. The third-order valence-electron chi connectivity index (χ3n) is 5.92. The first-order valence-electron chi connectivity index (χ1n) is 11.9. The summed E-state index contributed by atoms with van der Waals surface area (Å²) >= 11 is 1.59. The van der Waals surface area contributed by atoms with Gasteiger partial charge in [0.05, 0.1) is 12.3 Å². The predicted octanol–water partition coefficient (Wildman–Crippen LogP) is 5.26. The van der Waals surface area contributed by atoms with Crippen LogP contribution in [0.5, 0.6) is 5.75 Å². The number of rotatable bonds is 9. The minimum absolute atomic E-state index is 0.0751. The molecular weight excluding hydrogens is 420 g/mol. The molecular formula is C25H34N4O2S. The number of ether oxygens (including phenoxy) is 1. The second kappa shape index (κ2) is 10.6. The molecule has 0 aliphatic heterocycles. The van der Waals surface area contributed by atoms with Crippen molar-refractivity contribution in [3.63, 3.8) is 0 Å². The number of fused-ring (bicyclic) bond motifs is 1. The second-order valence-corrected chi connectivity index (χ2v) is 10.2. The summed E-state index contributed by atoms with van der Waals surface area (Å²) in [6.45, 7) is 9.49. The van der Waals surface area contributed by atoms with Gasteiger partial charge in [-0.25, -0.2) is 4.98 Å². The number of aromatic nitrogens is 3. The van der Waals surface area contributed by atoms with Gasteiger partial charge in [-0.15, -0.1) is 0 Å². The van der Waals surface area contributed by atoms with E-state index in [1.807, 2.05) is 19.1 Å². The maximum atomic E-state index is 12.8. The minimum atomic E-state index is -0.0751. The van der Waals surface area contributed by atoms with Crippen LogP contribution in [0.2, 0.25) is 0 Å². The van der Waals surface area contributed by atoms with Crippen molar-refractivity contribution in [1.29, 1.82) is 0 Å². The van der Waals surface area contributed by atoms with E-state index < -0.39 is 0 Å². The lowest BCUT2D eigenvalue weighted by molar-refractivity contribution is 0.225. The van der Waals surface area contributed by atoms with E-state index in [9.17, 15) is 4.79 Å². The average Bonchev–Trinajstić information content (AvgIpc) is 3.20. The van der Waals surface area contributed by atoms with Crippen molar-refractivity contribution in [1.82, 2.24) is 19.5 Å². The van der Waals surface area contributed by atoms with Gasteiger partial charge in [0.2, 0.25) is 4.96 Å². The second-order valence-electron chi connectivity index (χ2n) is 9.20. The highest BCUT2D eigenvalue weighted by Gasteiger charge is 2.21. The number of hydrogen-bond acceptors (Lipinski definition) is 6. The van der Waals surface area contributed by atoms with Crippen molar-refractivity contribution in [2.45, 2.75) is 71.9 Å². The maximum absolute atomic E-state index is 12.8. The van der Waals surface area contributed by atoms with Crippen LogP contribution in [0.1, 0.15) is 75.1 Å². The van der Waals surface area contributed by atoms with Gasteiger partial charge in [0.15, 0.2) is 0 Å². The lowest BCUT2D eigenvalue weighted by Gasteiger charge is -2.24. The summed E-state index contributed by atoms with van der Waals surface area (Å²) in [5, 5.41) is 5.70. The van der Waals surface area contributed by atoms with Gasteiger partial charge in [-0.2, -0.15) is 9.61 Å². The first kappa shape index (κ1) is 22.9. The molecule has 0 unspecified atom stereocenters. The summed E-state index contributed by atoms with van der Waals surface area (Å²) < 4.78 is 7.06. The Bertz CT molecular complexity index is 1070. The smallest absolute Gasteiger partial charge is 0.275 e. The van der Waals surface area contributed by atoms with Gasteiger partial charge in [-0.3, -0.25) is 9.69 Å². The molecule has 0 radical (unpaired) electrons. The zero-order chi connectivity index (χ0) is 22.5. The lowest BCUT2D eigenvalue weighted by Crippen LogP contribution is -2.28. The summed E-state index contributed by atoms with van der Waals surface area (Å²) in [6, 6.07) is 9.93. The molecule has 0 amide bonds. The molecule has 0 spiro atoms. The molecule has 0 atom stereocenters. The largest absolute Gasteiger partial charge is 0.494 e. The first-order valence-corrected chi connectivity index (χ1v) is 12.7. The standard InChI is InChI=1S/C25H34N4O2S/c1-4-31-22-12-10-19(11-13-22)16-28(15-18(2)3)17-21-14-23(30)29-25(26-21)32-24(27-29)20-8-6-5-7-9-20/h10-14,18,20H,4-9,15-17H2,1-3H3. The molecule has 1 aliphatic rings. The van der Waals surface area contributed by atoms with Gasteiger partial charge in [-0.05, 0) is 43.4 Å². The van der Waals surface area contributed by atoms with E-state index in [4.69, 9.17) is 9.72 Å². The van der Waals surface area contributed by atoms with Gasteiger partial charge in [0.25, 0.3) is 5.56 Å². The molecule has 0 saturated heterocycles. The Hall–Kier alpha value is -2.25. The Kier molecular flexibility index (Phi) is 7.58. The van der Waals surface area contributed by atoms with Crippen LogP contribution in [-0.2, 0) is 13.1 Å². The van der Waals surface area contributed by atoms with Crippen LogP contribution in [0.3, 0.4) is 0 Å². The van der Waals surface area contributed by atoms with E-state index in [1.54, 1.807) is 17.4 Å². The van der Waals surface area contributed by atoms with Crippen LogP contribution in [-0.4, -0.2) is 32.6 Å². The quantitative estimate of drug-likeness (QED) is 0.442. The fraction of sp³-hybridized carbons (Fsp3) is 0.560. The third-order valence-corrected chi connectivity index (χ3v) is 6.99. The maximum Gasteiger partial charge on any atom is 0.275 e. The minimum Gasteiger partial charge on any atom is -0.494 e. The Balaban J connectivity index is 1.53. The fourth-order valence-electron chi connectivity index (χ4n) is 4.51. The van der Waals surface area contributed by atoms with Crippen molar-refractivity contribution in [2.75, 3.05) is 13.2 Å². The molecule has 1 saturated carbocycles. The highest BCUT2D eigenvalue weighted by Crippen LogP contribution is 2.34. The fourth-order valence-corrected chi connectivity index (χ4v) is 5.61. The molecule has 2 heterocycles. The molecule has 6 nitrogen and oxygen atoms in total. The van der Waals surface area contributed by atoms with E-state index in [1.165, 1.54) is 42.2 Å². The topological polar surface area (TPSA) is 59.7 Å². The highest BCUT2D eigenvalue weighted by molar-refractivity contribution is 7.16. The Morgan fingerprint density at radius 1 is 1.16 bits per heavy atom. The van der Waals surface area contributed by atoms with Crippen molar-refractivity contribution in [2.24, 2.45) is 5.92 Å². The molecule has 2 aromatic heterocycles. The summed E-state index contributed by atoms with van der Waals surface area (Å²) in [7, 11) is 0. The van der Waals surface area contributed by atoms with Crippen molar-refractivity contribution in [3.05, 3.63) is 57.0 Å². The van der Waals surface area contributed by atoms with Crippen molar-refractivity contribution in [3.8, 4) is 5.75 Å². The summed E-state index contributed by atoms with van der Waals surface area (Å²) in [5.74, 6) is 1.89. The van der Waals surface area contributed by atoms with Gasteiger partial charge in [0, 0.05) is 31.6 Å². The third kappa shape index (κ3) is 5.75. The summed E-state index contributed by atoms with van der Waals surface area (Å²) in [4.78, 5) is 20.7. The Morgan fingerprint density at radius 3 is 2.59 bits per heavy atom. The molecule has 172 valence electrons. The highest BCUT2D eigenvalue weighted by atomic mass is 32.1. The zero-order valence-corrected chi connectivity index (χ0v) is 20.2. The van der Waals surface area contributed by atoms with Gasteiger partial charge >= 0.3 is 0 Å². The van der Waals surface area contributed by atoms with Gasteiger partial charge in [0.1, 0.15) is 10.8 Å². The Morgan fingerprint density at radius 2 is 1.91 bits per heavy atom. The molecule has 3 aromatic rings. The molecule has 7 heteroatoms. The van der Waals surface area contributed by atoms with Crippen LogP contribution in [0.25, 0.3) is 4.96 Å². The molecule has 0 bridgehead atoms. The van der Waals surface area contributed by atoms with Gasteiger partial charge < -0.3 is 4.74 Å². The van der Waals surface area contributed by atoms with E-state index in [0.717, 1.165) is 34.5 Å². The normalized spacial score (nSPS) is 15.2. The zero-order valence-electron chi connectivity index (χ0n) is 19.4. The first-order chi connectivity index (χ1) is 15.5. The van der Waals surface area contributed by atoms with Crippen LogP contribution in [0.4, 0.5) is 0 Å². The molecule has 1 aromatic carbocycles. The number of nitrogens with zero attached hydrogens (tertiary/aromatic N) is 4. The summed E-state index contributed by atoms with van der Waals surface area (Å²) in [5.41, 5.74) is 1.97. The van der Waals surface area contributed by atoms with E-state index in [-0.39, 0.29) is 5.56 Å². The van der Waals surface area contributed by atoms with Crippen molar-refractivity contribution >= 4 is 16.3 Å². The average molecular weight is 455 g/mol. The lowest BCUT2D eigenvalue weighted by atomic mass is 9.90. The van der Waals surface area contributed by atoms with Crippen LogP contribution >= 0.6 is 11.3 Å². The van der Waals surface area contributed by atoms with E-state index >= 15 is 0 Å². The molecule has 1 fully saturated rings. The van der Waals surface area contributed by atoms with E-state index in [0.29, 0.717) is 25.0 Å². The number of benzene rings is 1. The predicted molar refractivity (Wildman–Crippen MR) is 130 cm³/mol. The van der Waals surface area contributed by atoms with Crippen LogP contribution in [0.15, 0.2) is 35.1 Å². The molecule has 1 aliphatic carbocycles. The monoisotopic (exact) mass is 454 g/mol. The molecule has 32 heavy (non-hydrogen) atoms. The molecule has 0 N–H and O–H groups in total. The van der Waals surface area contributed by atoms with Crippen LogP contribution < -0.4 is 10.3 Å². The van der Waals surface area contributed by atoms with Crippen molar-refractivity contribution < 1.29 is 4.74 Å². The Labute approximate surface area is 194 Å². The SMILES string of the molecule is CCOc1ccc(CN(Cc2cc(=O)n3nc(C4CCCCC4)sc3n2)CC(C)C)cc1.